The predicted octanol–water partition coefficient (Wildman–Crippen LogP) is 3.52. The van der Waals surface area contributed by atoms with Gasteiger partial charge in [0, 0.05) is 11.5 Å². The van der Waals surface area contributed by atoms with Gasteiger partial charge in [-0.3, -0.25) is 0 Å². The molecule has 0 heterocycles. The maximum atomic E-state index is 6.29. The fraction of sp³-hybridized carbons (Fsp3) is 0.667. The summed E-state index contributed by atoms with van der Waals surface area (Å²) in [5.74, 6) is 0.908. The van der Waals surface area contributed by atoms with E-state index in [0.717, 1.165) is 12.2 Å². The summed E-state index contributed by atoms with van der Waals surface area (Å²) < 4.78 is 11.6. The summed E-state index contributed by atoms with van der Waals surface area (Å²) in [5, 5.41) is 3.51. The third-order valence-corrected chi connectivity index (χ3v) is 5.50. The maximum absolute atomic E-state index is 6.29. The van der Waals surface area contributed by atoms with Crippen molar-refractivity contribution in [3.05, 3.63) is 29.8 Å². The molecular weight excluding hydrogens is 262 g/mol. The van der Waals surface area contributed by atoms with E-state index in [4.69, 9.17) is 9.47 Å². The molecule has 1 N–H and O–H groups in total. The molecule has 0 radical (unpaired) electrons. The lowest BCUT2D eigenvalue weighted by atomic mass is 9.55. The zero-order valence-electron chi connectivity index (χ0n) is 13.2. The second-order valence-electron chi connectivity index (χ2n) is 6.52. The molecule has 0 saturated heterocycles. The van der Waals surface area contributed by atoms with Crippen molar-refractivity contribution in [3.63, 3.8) is 0 Å². The van der Waals surface area contributed by atoms with Gasteiger partial charge >= 0.3 is 0 Å². The first kappa shape index (κ1) is 14.9. The number of ether oxygens (including phenoxy) is 2. The molecule has 2 unspecified atom stereocenters. The Kier molecular flexibility index (Phi) is 4.51. The molecule has 3 rings (SSSR count). The Labute approximate surface area is 128 Å². The Hall–Kier alpha value is -1.06. The van der Waals surface area contributed by atoms with Gasteiger partial charge in [-0.2, -0.15) is 0 Å². The van der Waals surface area contributed by atoms with Crippen LogP contribution in [0.5, 0.6) is 5.75 Å². The van der Waals surface area contributed by atoms with Crippen molar-refractivity contribution < 1.29 is 9.47 Å². The number of hydrogen-bond donors (Lipinski definition) is 1. The molecule has 3 heteroatoms. The highest BCUT2D eigenvalue weighted by atomic mass is 16.5. The fourth-order valence-electron chi connectivity index (χ4n) is 4.23. The van der Waals surface area contributed by atoms with Gasteiger partial charge in [-0.1, -0.05) is 31.4 Å². The summed E-state index contributed by atoms with van der Waals surface area (Å²) in [6, 6.07) is 8.84. The summed E-state index contributed by atoms with van der Waals surface area (Å²) in [4.78, 5) is 0. The van der Waals surface area contributed by atoms with Crippen LogP contribution in [-0.2, 0) is 11.3 Å². The fourth-order valence-corrected chi connectivity index (χ4v) is 4.23. The SMILES string of the molecule is CNC1CC(OCc2cccc(OC)c2)C12CCCCC2. The van der Waals surface area contributed by atoms with Crippen molar-refractivity contribution in [3.8, 4) is 5.75 Å². The number of hydrogen-bond acceptors (Lipinski definition) is 3. The van der Waals surface area contributed by atoms with Crippen LogP contribution >= 0.6 is 0 Å². The van der Waals surface area contributed by atoms with Crippen molar-refractivity contribution in [1.82, 2.24) is 5.32 Å². The Bertz CT molecular complexity index is 468. The highest BCUT2D eigenvalue weighted by Gasteiger charge is 2.54. The first-order chi connectivity index (χ1) is 10.3. The Morgan fingerprint density at radius 3 is 2.76 bits per heavy atom. The highest BCUT2D eigenvalue weighted by Crippen LogP contribution is 2.53. The zero-order valence-corrected chi connectivity index (χ0v) is 13.2. The maximum Gasteiger partial charge on any atom is 0.119 e. The van der Waals surface area contributed by atoms with Crippen molar-refractivity contribution in [2.75, 3.05) is 14.2 Å². The van der Waals surface area contributed by atoms with E-state index < -0.39 is 0 Å². The molecule has 2 aliphatic rings. The third kappa shape index (κ3) is 2.82. The second-order valence-corrected chi connectivity index (χ2v) is 6.52. The lowest BCUT2D eigenvalue weighted by molar-refractivity contribution is -0.157. The molecule has 3 nitrogen and oxygen atoms in total. The van der Waals surface area contributed by atoms with E-state index in [0.29, 0.717) is 24.2 Å². The monoisotopic (exact) mass is 289 g/mol. The molecule has 0 aromatic heterocycles. The number of rotatable bonds is 5. The van der Waals surface area contributed by atoms with E-state index in [-0.39, 0.29) is 0 Å². The average Bonchev–Trinajstić information content (AvgIpc) is 2.55. The minimum absolute atomic E-state index is 0.395. The quantitative estimate of drug-likeness (QED) is 0.899. The van der Waals surface area contributed by atoms with Crippen LogP contribution < -0.4 is 10.1 Å². The van der Waals surface area contributed by atoms with Crippen LogP contribution in [0.3, 0.4) is 0 Å². The van der Waals surface area contributed by atoms with E-state index in [1.54, 1.807) is 7.11 Å². The molecule has 2 saturated carbocycles. The number of methoxy groups -OCH3 is 1. The van der Waals surface area contributed by atoms with Gasteiger partial charge in [-0.05, 0) is 44.0 Å². The molecule has 1 aromatic carbocycles. The van der Waals surface area contributed by atoms with E-state index in [1.807, 2.05) is 12.1 Å². The van der Waals surface area contributed by atoms with E-state index in [2.05, 4.69) is 24.5 Å². The Morgan fingerprint density at radius 2 is 2.05 bits per heavy atom. The highest BCUT2D eigenvalue weighted by molar-refractivity contribution is 5.28. The average molecular weight is 289 g/mol. The zero-order chi connectivity index (χ0) is 14.7. The van der Waals surface area contributed by atoms with Crippen molar-refractivity contribution in [2.45, 2.75) is 57.3 Å². The first-order valence-electron chi connectivity index (χ1n) is 8.20. The summed E-state index contributed by atoms with van der Waals surface area (Å²) in [6.07, 6.45) is 8.32. The van der Waals surface area contributed by atoms with Gasteiger partial charge in [0.2, 0.25) is 0 Å². The normalized spacial score (nSPS) is 27.3. The van der Waals surface area contributed by atoms with E-state index in [1.165, 1.54) is 37.7 Å². The number of benzene rings is 1. The molecule has 0 aliphatic heterocycles. The minimum Gasteiger partial charge on any atom is -0.497 e. The van der Waals surface area contributed by atoms with Gasteiger partial charge in [0.05, 0.1) is 19.8 Å². The van der Waals surface area contributed by atoms with Gasteiger partial charge in [0.25, 0.3) is 0 Å². The van der Waals surface area contributed by atoms with Gasteiger partial charge in [-0.15, -0.1) is 0 Å². The third-order valence-electron chi connectivity index (χ3n) is 5.50. The van der Waals surface area contributed by atoms with Crippen LogP contribution in [-0.4, -0.2) is 26.3 Å². The summed E-state index contributed by atoms with van der Waals surface area (Å²) in [7, 11) is 3.81. The van der Waals surface area contributed by atoms with Gasteiger partial charge < -0.3 is 14.8 Å². The van der Waals surface area contributed by atoms with Crippen LogP contribution in [0.15, 0.2) is 24.3 Å². The lowest BCUT2D eigenvalue weighted by Gasteiger charge is -2.57. The van der Waals surface area contributed by atoms with Crippen LogP contribution in [0.1, 0.15) is 44.1 Å². The standard InChI is InChI=1S/C18H27NO2/c1-19-16-12-17(18(16)9-4-3-5-10-18)21-13-14-7-6-8-15(11-14)20-2/h6-8,11,16-17,19H,3-5,9-10,12-13H2,1-2H3. The molecule has 1 aromatic rings. The first-order valence-corrected chi connectivity index (χ1v) is 8.20. The van der Waals surface area contributed by atoms with Crippen LogP contribution in [0.4, 0.5) is 0 Å². The van der Waals surface area contributed by atoms with Gasteiger partial charge in [0.1, 0.15) is 5.75 Å². The largest absolute Gasteiger partial charge is 0.497 e. The van der Waals surface area contributed by atoms with Gasteiger partial charge in [-0.25, -0.2) is 0 Å². The minimum atomic E-state index is 0.395. The van der Waals surface area contributed by atoms with Crippen LogP contribution in [0.25, 0.3) is 0 Å². The molecule has 2 atom stereocenters. The molecule has 116 valence electrons. The van der Waals surface area contributed by atoms with Crippen molar-refractivity contribution >= 4 is 0 Å². The Morgan fingerprint density at radius 1 is 1.24 bits per heavy atom. The lowest BCUT2D eigenvalue weighted by Crippen LogP contribution is -2.63. The molecule has 0 bridgehead atoms. The van der Waals surface area contributed by atoms with Crippen LogP contribution in [0, 0.1) is 5.41 Å². The van der Waals surface area contributed by atoms with Crippen molar-refractivity contribution in [2.24, 2.45) is 5.41 Å². The van der Waals surface area contributed by atoms with E-state index in [9.17, 15) is 0 Å². The molecular formula is C18H27NO2. The molecule has 1 spiro atoms. The summed E-state index contributed by atoms with van der Waals surface area (Å²) in [5.41, 5.74) is 1.60. The van der Waals surface area contributed by atoms with Gasteiger partial charge in [0.15, 0.2) is 0 Å². The topological polar surface area (TPSA) is 30.5 Å². The van der Waals surface area contributed by atoms with E-state index >= 15 is 0 Å². The molecule has 2 aliphatic carbocycles. The van der Waals surface area contributed by atoms with Crippen LogP contribution in [0.2, 0.25) is 0 Å². The molecule has 21 heavy (non-hydrogen) atoms. The molecule has 2 fully saturated rings. The smallest absolute Gasteiger partial charge is 0.119 e. The number of nitrogens with one attached hydrogen (secondary N) is 1. The summed E-state index contributed by atoms with van der Waals surface area (Å²) >= 11 is 0. The Balaban J connectivity index is 1.62. The van der Waals surface area contributed by atoms with Crippen molar-refractivity contribution in [1.29, 1.82) is 0 Å². The second kappa shape index (κ2) is 6.37. The summed E-state index contributed by atoms with van der Waals surface area (Å²) in [6.45, 7) is 0.694. The predicted molar refractivity (Wildman–Crippen MR) is 84.6 cm³/mol. The molecule has 0 amide bonds.